The molecule has 1 amide bonds. The molecule has 1 rings (SSSR count). The van der Waals surface area contributed by atoms with Crippen LogP contribution < -0.4 is 0 Å². The highest BCUT2D eigenvalue weighted by Crippen LogP contribution is 2.31. The molecular formula is C17H33NO2. The molecule has 118 valence electrons. The summed E-state index contributed by atoms with van der Waals surface area (Å²) in [4.78, 5) is 14.3. The van der Waals surface area contributed by atoms with E-state index in [1.54, 1.807) is 0 Å². The van der Waals surface area contributed by atoms with E-state index in [1.165, 1.54) is 44.9 Å². The minimum Gasteiger partial charge on any atom is -0.450 e. The fourth-order valence-corrected chi connectivity index (χ4v) is 2.68. The molecule has 1 aliphatic rings. The van der Waals surface area contributed by atoms with Crippen LogP contribution in [0.2, 0.25) is 0 Å². The van der Waals surface area contributed by atoms with Gasteiger partial charge in [0.25, 0.3) is 0 Å². The molecular weight excluding hydrogens is 250 g/mol. The lowest BCUT2D eigenvalue weighted by Gasteiger charge is -2.31. The van der Waals surface area contributed by atoms with Gasteiger partial charge in [-0.05, 0) is 38.5 Å². The van der Waals surface area contributed by atoms with Crippen LogP contribution in [-0.4, -0.2) is 30.2 Å². The summed E-state index contributed by atoms with van der Waals surface area (Å²) >= 11 is 0. The Morgan fingerprint density at radius 2 is 1.75 bits per heavy atom. The van der Waals surface area contributed by atoms with E-state index >= 15 is 0 Å². The molecule has 1 saturated carbocycles. The molecule has 0 saturated heterocycles. The highest BCUT2D eigenvalue weighted by Gasteiger charge is 2.31. The number of carbonyl (C=O) groups is 1. The van der Waals surface area contributed by atoms with Gasteiger partial charge in [0.2, 0.25) is 0 Å². The highest BCUT2D eigenvalue weighted by molar-refractivity contribution is 5.68. The minimum atomic E-state index is -0.0861. The number of ether oxygens (including phenoxy) is 1. The predicted molar refractivity (Wildman–Crippen MR) is 83.9 cm³/mol. The first kappa shape index (κ1) is 17.3. The van der Waals surface area contributed by atoms with Crippen molar-refractivity contribution in [3.8, 4) is 0 Å². The molecule has 0 aliphatic heterocycles. The van der Waals surface area contributed by atoms with Crippen molar-refractivity contribution in [2.24, 2.45) is 5.92 Å². The third-order valence-electron chi connectivity index (χ3n) is 4.13. The maximum absolute atomic E-state index is 12.2. The van der Waals surface area contributed by atoms with Crippen LogP contribution in [0, 0.1) is 5.92 Å². The molecule has 0 heterocycles. The summed E-state index contributed by atoms with van der Waals surface area (Å²) < 4.78 is 5.29. The summed E-state index contributed by atoms with van der Waals surface area (Å²) in [5, 5.41) is 0. The van der Waals surface area contributed by atoms with Gasteiger partial charge in [-0.15, -0.1) is 0 Å². The van der Waals surface area contributed by atoms with Crippen molar-refractivity contribution in [3.05, 3.63) is 0 Å². The van der Waals surface area contributed by atoms with Crippen LogP contribution in [0.4, 0.5) is 4.79 Å². The molecule has 20 heavy (non-hydrogen) atoms. The lowest BCUT2D eigenvalue weighted by atomic mass is 10.0. The fourth-order valence-electron chi connectivity index (χ4n) is 2.68. The van der Waals surface area contributed by atoms with Crippen LogP contribution in [0.25, 0.3) is 0 Å². The number of hydrogen-bond acceptors (Lipinski definition) is 2. The standard InChI is InChI=1S/C17H33NO2/c1-4-7-9-11-16(10-8-5-2)18(14-15-12-13-15)17(19)20-6-3/h15-16H,4-14H2,1-3H3. The first-order valence-electron chi connectivity index (χ1n) is 8.66. The van der Waals surface area contributed by atoms with Gasteiger partial charge in [-0.1, -0.05) is 46.0 Å². The molecule has 1 aliphatic carbocycles. The van der Waals surface area contributed by atoms with Crippen LogP contribution in [-0.2, 0) is 4.74 Å². The van der Waals surface area contributed by atoms with Crippen molar-refractivity contribution < 1.29 is 9.53 Å². The summed E-state index contributed by atoms with van der Waals surface area (Å²) in [6, 6.07) is 0.390. The number of nitrogens with zero attached hydrogens (tertiary/aromatic N) is 1. The summed E-state index contributed by atoms with van der Waals surface area (Å²) in [5.41, 5.74) is 0. The average Bonchev–Trinajstić information content (AvgIpc) is 3.25. The molecule has 1 fully saturated rings. The molecule has 3 heteroatoms. The monoisotopic (exact) mass is 283 g/mol. The maximum Gasteiger partial charge on any atom is 0.410 e. The molecule has 0 spiro atoms. The lowest BCUT2D eigenvalue weighted by Crippen LogP contribution is -2.42. The second-order valence-electron chi connectivity index (χ2n) is 6.09. The van der Waals surface area contributed by atoms with Gasteiger partial charge in [0.05, 0.1) is 6.61 Å². The molecule has 1 unspecified atom stereocenters. The van der Waals surface area contributed by atoms with Gasteiger partial charge in [-0.2, -0.15) is 0 Å². The zero-order valence-corrected chi connectivity index (χ0v) is 13.7. The quantitative estimate of drug-likeness (QED) is 0.500. The van der Waals surface area contributed by atoms with E-state index in [4.69, 9.17) is 4.74 Å². The summed E-state index contributed by atoms with van der Waals surface area (Å²) in [6.07, 6.45) is 10.9. The Morgan fingerprint density at radius 1 is 1.10 bits per heavy atom. The highest BCUT2D eigenvalue weighted by atomic mass is 16.6. The SMILES string of the molecule is CCCCCC(CCCC)N(CC1CC1)C(=O)OCC. The number of rotatable bonds is 11. The van der Waals surface area contributed by atoms with Crippen molar-refractivity contribution in [2.75, 3.05) is 13.2 Å². The van der Waals surface area contributed by atoms with Crippen LogP contribution in [0.3, 0.4) is 0 Å². The van der Waals surface area contributed by atoms with Gasteiger partial charge in [-0.3, -0.25) is 0 Å². The molecule has 0 bridgehead atoms. The van der Waals surface area contributed by atoms with Gasteiger partial charge in [-0.25, -0.2) is 4.79 Å². The molecule has 3 nitrogen and oxygen atoms in total. The third-order valence-corrected chi connectivity index (χ3v) is 4.13. The van der Waals surface area contributed by atoms with Crippen molar-refractivity contribution in [1.82, 2.24) is 4.90 Å². The number of hydrogen-bond donors (Lipinski definition) is 0. The molecule has 1 atom stereocenters. The topological polar surface area (TPSA) is 29.5 Å². The Kier molecular flexibility index (Phi) is 8.72. The molecule has 0 N–H and O–H groups in total. The van der Waals surface area contributed by atoms with E-state index in [9.17, 15) is 4.79 Å². The molecule has 0 aromatic carbocycles. The van der Waals surface area contributed by atoms with E-state index in [0.717, 1.165) is 25.3 Å². The van der Waals surface area contributed by atoms with E-state index in [-0.39, 0.29) is 6.09 Å². The molecule has 0 aromatic rings. The maximum atomic E-state index is 12.2. The Labute approximate surface area is 125 Å². The number of carbonyl (C=O) groups excluding carboxylic acids is 1. The van der Waals surface area contributed by atoms with Crippen LogP contribution in [0.1, 0.15) is 78.6 Å². The lowest BCUT2D eigenvalue weighted by molar-refractivity contribution is 0.0822. The van der Waals surface area contributed by atoms with Crippen molar-refractivity contribution in [3.63, 3.8) is 0 Å². The van der Waals surface area contributed by atoms with Crippen LogP contribution >= 0.6 is 0 Å². The zero-order chi connectivity index (χ0) is 14.8. The smallest absolute Gasteiger partial charge is 0.410 e. The van der Waals surface area contributed by atoms with E-state index in [0.29, 0.717) is 12.6 Å². The van der Waals surface area contributed by atoms with E-state index in [1.807, 2.05) is 11.8 Å². The first-order valence-corrected chi connectivity index (χ1v) is 8.66. The third kappa shape index (κ3) is 6.62. The Bertz CT molecular complexity index is 264. The Balaban J connectivity index is 2.58. The van der Waals surface area contributed by atoms with Crippen LogP contribution in [0.15, 0.2) is 0 Å². The minimum absolute atomic E-state index is 0.0861. The second kappa shape index (κ2) is 10.1. The number of amides is 1. The zero-order valence-electron chi connectivity index (χ0n) is 13.7. The van der Waals surface area contributed by atoms with Crippen molar-refractivity contribution in [2.45, 2.75) is 84.6 Å². The fraction of sp³-hybridized carbons (Fsp3) is 0.941. The van der Waals surface area contributed by atoms with Gasteiger partial charge in [0.1, 0.15) is 0 Å². The summed E-state index contributed by atoms with van der Waals surface area (Å²) in [5.74, 6) is 0.731. The van der Waals surface area contributed by atoms with Crippen molar-refractivity contribution in [1.29, 1.82) is 0 Å². The Hall–Kier alpha value is -0.730. The van der Waals surface area contributed by atoms with Crippen molar-refractivity contribution >= 4 is 6.09 Å². The summed E-state index contributed by atoms with van der Waals surface area (Å²) in [6.45, 7) is 7.74. The Morgan fingerprint density at radius 3 is 2.30 bits per heavy atom. The van der Waals surface area contributed by atoms with Gasteiger partial charge in [0.15, 0.2) is 0 Å². The van der Waals surface area contributed by atoms with Gasteiger partial charge in [0, 0.05) is 12.6 Å². The molecule has 0 aromatic heterocycles. The predicted octanol–water partition coefficient (Wildman–Crippen LogP) is 4.99. The van der Waals surface area contributed by atoms with Gasteiger partial charge >= 0.3 is 6.09 Å². The van der Waals surface area contributed by atoms with E-state index < -0.39 is 0 Å². The van der Waals surface area contributed by atoms with E-state index in [2.05, 4.69) is 13.8 Å². The summed E-state index contributed by atoms with van der Waals surface area (Å²) in [7, 11) is 0. The molecule has 0 radical (unpaired) electrons. The second-order valence-corrected chi connectivity index (χ2v) is 6.09. The first-order chi connectivity index (χ1) is 9.72. The normalized spacial score (nSPS) is 15.9. The average molecular weight is 283 g/mol. The number of unbranched alkanes of at least 4 members (excludes halogenated alkanes) is 3. The largest absolute Gasteiger partial charge is 0.450 e. The van der Waals surface area contributed by atoms with Gasteiger partial charge < -0.3 is 9.64 Å². The van der Waals surface area contributed by atoms with Crippen LogP contribution in [0.5, 0.6) is 0 Å².